The van der Waals surface area contributed by atoms with Crippen molar-refractivity contribution in [3.05, 3.63) is 35.9 Å². The van der Waals surface area contributed by atoms with Crippen LogP contribution in [0.1, 0.15) is 5.56 Å². The molecule has 3 nitrogen and oxygen atoms in total. The third-order valence-electron chi connectivity index (χ3n) is 2.88. The van der Waals surface area contributed by atoms with E-state index in [1.165, 1.54) is 5.56 Å². The maximum Gasteiger partial charge on any atom is 0.0832 e. The third kappa shape index (κ3) is 2.78. The Morgan fingerprint density at radius 3 is 2.67 bits per heavy atom. The summed E-state index contributed by atoms with van der Waals surface area (Å²) in [6.07, 6.45) is -0.237. The molecule has 2 N–H and O–H groups in total. The highest BCUT2D eigenvalue weighted by Crippen LogP contribution is 2.08. The molecular formula is C12H18N2O. The van der Waals surface area contributed by atoms with Crippen molar-refractivity contribution in [3.63, 3.8) is 0 Å². The number of hydrogen-bond acceptors (Lipinski definition) is 3. The summed E-state index contributed by atoms with van der Waals surface area (Å²) in [7, 11) is 2.04. The average Bonchev–Trinajstić information content (AvgIpc) is 2.56. The second-order valence-corrected chi connectivity index (χ2v) is 4.26. The molecule has 1 aliphatic heterocycles. The summed E-state index contributed by atoms with van der Waals surface area (Å²) in [6, 6.07) is 10.5. The molecule has 0 amide bonds. The fourth-order valence-corrected chi connectivity index (χ4v) is 2.02. The summed E-state index contributed by atoms with van der Waals surface area (Å²) >= 11 is 0. The van der Waals surface area contributed by atoms with Crippen LogP contribution < -0.4 is 5.32 Å². The van der Waals surface area contributed by atoms with E-state index in [-0.39, 0.29) is 12.1 Å². The molecular weight excluding hydrogens is 188 g/mol. The van der Waals surface area contributed by atoms with Crippen LogP contribution in [0.5, 0.6) is 0 Å². The van der Waals surface area contributed by atoms with Crippen LogP contribution in [0.3, 0.4) is 0 Å². The van der Waals surface area contributed by atoms with E-state index in [1.54, 1.807) is 0 Å². The van der Waals surface area contributed by atoms with Crippen molar-refractivity contribution in [2.24, 2.45) is 0 Å². The Hall–Kier alpha value is -0.900. The Bertz CT molecular complexity index is 302. The lowest BCUT2D eigenvalue weighted by Gasteiger charge is -2.15. The predicted molar refractivity (Wildman–Crippen MR) is 60.6 cm³/mol. The minimum absolute atomic E-state index is 0.204. The largest absolute Gasteiger partial charge is 0.390 e. The van der Waals surface area contributed by atoms with Crippen LogP contribution >= 0.6 is 0 Å². The summed E-state index contributed by atoms with van der Waals surface area (Å²) in [5.41, 5.74) is 1.26. The molecule has 0 saturated carbocycles. The van der Waals surface area contributed by atoms with Crippen molar-refractivity contribution >= 4 is 0 Å². The molecule has 15 heavy (non-hydrogen) atoms. The van der Waals surface area contributed by atoms with Gasteiger partial charge in [-0.1, -0.05) is 30.3 Å². The Morgan fingerprint density at radius 1 is 1.33 bits per heavy atom. The van der Waals surface area contributed by atoms with Crippen LogP contribution in [-0.4, -0.2) is 42.3 Å². The first-order valence-corrected chi connectivity index (χ1v) is 5.39. The van der Waals surface area contributed by atoms with Crippen LogP contribution in [0.4, 0.5) is 0 Å². The quantitative estimate of drug-likeness (QED) is 0.754. The number of β-amino-alcohol motifs (C(OH)–C–C–N with tert-alkyl or cyclic N) is 1. The van der Waals surface area contributed by atoms with Gasteiger partial charge < -0.3 is 15.3 Å². The van der Waals surface area contributed by atoms with E-state index >= 15 is 0 Å². The fraction of sp³-hybridized carbons (Fsp3) is 0.500. The fourth-order valence-electron chi connectivity index (χ4n) is 2.02. The van der Waals surface area contributed by atoms with Crippen molar-refractivity contribution in [1.29, 1.82) is 0 Å². The van der Waals surface area contributed by atoms with Gasteiger partial charge in [0.25, 0.3) is 0 Å². The summed E-state index contributed by atoms with van der Waals surface area (Å²) in [6.45, 7) is 2.52. The molecule has 1 fully saturated rings. The Morgan fingerprint density at radius 2 is 2.07 bits per heavy atom. The number of nitrogens with one attached hydrogen (secondary N) is 1. The van der Waals surface area contributed by atoms with E-state index in [9.17, 15) is 5.11 Å². The van der Waals surface area contributed by atoms with E-state index in [0.29, 0.717) is 0 Å². The molecule has 1 heterocycles. The smallest absolute Gasteiger partial charge is 0.0832 e. The lowest BCUT2D eigenvalue weighted by molar-refractivity contribution is 0.156. The van der Waals surface area contributed by atoms with Gasteiger partial charge in [0.15, 0.2) is 0 Å². The highest BCUT2D eigenvalue weighted by atomic mass is 16.3. The second-order valence-electron chi connectivity index (χ2n) is 4.26. The number of hydrogen-bond donors (Lipinski definition) is 2. The summed E-state index contributed by atoms with van der Waals surface area (Å²) < 4.78 is 0. The number of aliphatic hydroxyl groups excluding tert-OH is 1. The average molecular weight is 206 g/mol. The van der Waals surface area contributed by atoms with Gasteiger partial charge in [-0.2, -0.15) is 0 Å². The normalized spacial score (nSPS) is 27.1. The summed E-state index contributed by atoms with van der Waals surface area (Å²) in [5.74, 6) is 0. The highest BCUT2D eigenvalue weighted by molar-refractivity contribution is 5.14. The molecule has 0 aliphatic carbocycles. The van der Waals surface area contributed by atoms with Gasteiger partial charge in [-0.05, 0) is 12.6 Å². The standard InChI is InChI=1S/C12H18N2O/c1-14-8-11(12(15)9-14)13-7-10-5-3-2-4-6-10/h2-6,11-13,15H,7-9H2,1H3/t11-,12-/m0/s1. The molecule has 0 radical (unpaired) electrons. The van der Waals surface area contributed by atoms with E-state index in [2.05, 4.69) is 22.3 Å². The molecule has 0 aromatic heterocycles. The van der Waals surface area contributed by atoms with E-state index < -0.39 is 0 Å². The topological polar surface area (TPSA) is 35.5 Å². The summed E-state index contributed by atoms with van der Waals surface area (Å²) in [4.78, 5) is 2.15. The molecule has 0 spiro atoms. The van der Waals surface area contributed by atoms with Crippen molar-refractivity contribution in [2.75, 3.05) is 20.1 Å². The number of likely N-dealkylation sites (N-methyl/N-ethyl adjacent to an activating group) is 1. The summed E-state index contributed by atoms with van der Waals surface area (Å²) in [5, 5.41) is 13.1. The SMILES string of the molecule is CN1C[C@H](NCc2ccccc2)[C@@H](O)C1. The monoisotopic (exact) mass is 206 g/mol. The zero-order chi connectivity index (χ0) is 10.7. The van der Waals surface area contributed by atoms with Crippen LogP contribution in [-0.2, 0) is 6.54 Å². The van der Waals surface area contributed by atoms with Gasteiger partial charge in [0.05, 0.1) is 6.10 Å². The lowest BCUT2D eigenvalue weighted by atomic mass is 10.2. The van der Waals surface area contributed by atoms with Crippen LogP contribution in [0, 0.1) is 0 Å². The molecule has 1 aromatic rings. The number of nitrogens with zero attached hydrogens (tertiary/aromatic N) is 1. The molecule has 1 aliphatic rings. The van der Waals surface area contributed by atoms with Gasteiger partial charge in [-0.3, -0.25) is 0 Å². The number of likely N-dealkylation sites (tertiary alicyclic amines) is 1. The van der Waals surface area contributed by atoms with Crippen LogP contribution in [0.2, 0.25) is 0 Å². The zero-order valence-corrected chi connectivity index (χ0v) is 9.06. The maximum absolute atomic E-state index is 9.73. The molecule has 3 heteroatoms. The maximum atomic E-state index is 9.73. The van der Waals surface area contributed by atoms with Crippen molar-refractivity contribution in [2.45, 2.75) is 18.7 Å². The predicted octanol–water partition coefficient (Wildman–Crippen LogP) is 0.451. The molecule has 2 atom stereocenters. The first-order chi connectivity index (χ1) is 7.25. The van der Waals surface area contributed by atoms with Gasteiger partial charge in [-0.15, -0.1) is 0 Å². The minimum atomic E-state index is -0.237. The Balaban J connectivity index is 1.84. The first kappa shape index (κ1) is 10.6. The third-order valence-corrected chi connectivity index (χ3v) is 2.88. The van der Waals surface area contributed by atoms with E-state index in [4.69, 9.17) is 0 Å². The van der Waals surface area contributed by atoms with Crippen LogP contribution in [0.15, 0.2) is 30.3 Å². The molecule has 0 bridgehead atoms. The van der Waals surface area contributed by atoms with Crippen molar-refractivity contribution < 1.29 is 5.11 Å². The van der Waals surface area contributed by atoms with Gasteiger partial charge in [0.2, 0.25) is 0 Å². The highest BCUT2D eigenvalue weighted by Gasteiger charge is 2.28. The van der Waals surface area contributed by atoms with Crippen LogP contribution in [0.25, 0.3) is 0 Å². The van der Waals surface area contributed by atoms with E-state index in [1.807, 2.05) is 25.2 Å². The van der Waals surface area contributed by atoms with Gasteiger partial charge in [0, 0.05) is 25.7 Å². The molecule has 0 unspecified atom stereocenters. The van der Waals surface area contributed by atoms with Crippen molar-refractivity contribution in [1.82, 2.24) is 10.2 Å². The van der Waals surface area contributed by atoms with E-state index in [0.717, 1.165) is 19.6 Å². The number of aliphatic hydroxyl groups is 1. The molecule has 1 aromatic carbocycles. The Labute approximate surface area is 90.7 Å². The second kappa shape index (κ2) is 4.75. The zero-order valence-electron chi connectivity index (χ0n) is 9.06. The first-order valence-electron chi connectivity index (χ1n) is 5.39. The number of benzene rings is 1. The molecule has 82 valence electrons. The lowest BCUT2D eigenvalue weighted by Crippen LogP contribution is -2.38. The van der Waals surface area contributed by atoms with Gasteiger partial charge >= 0.3 is 0 Å². The van der Waals surface area contributed by atoms with Crippen molar-refractivity contribution in [3.8, 4) is 0 Å². The minimum Gasteiger partial charge on any atom is -0.390 e. The number of rotatable bonds is 3. The molecule has 1 saturated heterocycles. The molecule has 2 rings (SSSR count). The van der Waals surface area contributed by atoms with Gasteiger partial charge in [-0.25, -0.2) is 0 Å². The Kier molecular flexibility index (Phi) is 3.36. The van der Waals surface area contributed by atoms with Gasteiger partial charge in [0.1, 0.15) is 0 Å².